The van der Waals surface area contributed by atoms with Gasteiger partial charge >= 0.3 is 0 Å². The minimum atomic E-state index is -3.37. The Bertz CT molecular complexity index is 605. The highest BCUT2D eigenvalue weighted by Crippen LogP contribution is 2.10. The number of hydrogen-bond donors (Lipinski definition) is 1. The predicted octanol–water partition coefficient (Wildman–Crippen LogP) is 2.45. The first-order valence-corrected chi connectivity index (χ1v) is 10.0. The highest BCUT2D eigenvalue weighted by molar-refractivity contribution is 7.88. The molecule has 0 heterocycles. The second kappa shape index (κ2) is 9.90. The van der Waals surface area contributed by atoms with E-state index in [1.54, 1.807) is 6.07 Å². The zero-order chi connectivity index (χ0) is 17.3. The van der Waals surface area contributed by atoms with E-state index in [-0.39, 0.29) is 12.5 Å². The molecule has 0 aliphatic carbocycles. The van der Waals surface area contributed by atoms with Gasteiger partial charge < -0.3 is 5.32 Å². The van der Waals surface area contributed by atoms with Crippen LogP contribution in [0.5, 0.6) is 0 Å². The molecule has 0 aliphatic heterocycles. The number of unbranched alkanes of at least 4 members (excludes halogenated alkanes) is 2. The Labute approximate surface area is 144 Å². The van der Waals surface area contributed by atoms with Gasteiger partial charge in [-0.2, -0.15) is 4.31 Å². The first-order valence-electron chi connectivity index (χ1n) is 7.79. The average molecular weight is 361 g/mol. The molecule has 23 heavy (non-hydrogen) atoms. The van der Waals surface area contributed by atoms with Crippen LogP contribution in [0.25, 0.3) is 0 Å². The second-order valence-electron chi connectivity index (χ2n) is 5.53. The fraction of sp³-hybridized carbons (Fsp3) is 0.562. The van der Waals surface area contributed by atoms with Crippen LogP contribution in [0.4, 0.5) is 0 Å². The monoisotopic (exact) mass is 360 g/mol. The number of halogens is 1. The summed E-state index contributed by atoms with van der Waals surface area (Å²) in [6.07, 6.45) is 4.50. The molecule has 0 atom stereocenters. The quantitative estimate of drug-likeness (QED) is 0.652. The van der Waals surface area contributed by atoms with Crippen LogP contribution in [-0.4, -0.2) is 44.5 Å². The number of nitrogens with zero attached hydrogens (tertiary/aromatic N) is 1. The van der Waals surface area contributed by atoms with Crippen LogP contribution in [0.15, 0.2) is 24.3 Å². The van der Waals surface area contributed by atoms with E-state index in [1.807, 2.05) is 25.1 Å². The van der Waals surface area contributed by atoms with Crippen molar-refractivity contribution in [3.63, 3.8) is 0 Å². The van der Waals surface area contributed by atoms with E-state index in [9.17, 15) is 13.2 Å². The molecule has 0 saturated carbocycles. The van der Waals surface area contributed by atoms with Gasteiger partial charge in [-0.15, -0.1) is 0 Å². The molecule has 0 spiro atoms. The van der Waals surface area contributed by atoms with Crippen molar-refractivity contribution in [2.24, 2.45) is 0 Å². The van der Waals surface area contributed by atoms with Gasteiger partial charge in [0.1, 0.15) is 0 Å². The van der Waals surface area contributed by atoms with Crippen molar-refractivity contribution in [2.45, 2.75) is 32.6 Å². The van der Waals surface area contributed by atoms with E-state index in [4.69, 9.17) is 11.6 Å². The molecular weight excluding hydrogens is 336 g/mol. The maximum atomic E-state index is 11.9. The van der Waals surface area contributed by atoms with Crippen molar-refractivity contribution in [1.82, 2.24) is 9.62 Å². The van der Waals surface area contributed by atoms with Gasteiger partial charge in [0.15, 0.2) is 0 Å². The number of carbonyl (C=O) groups excluding carboxylic acids is 1. The number of benzene rings is 1. The first kappa shape index (κ1) is 19.9. The average Bonchev–Trinajstić information content (AvgIpc) is 2.45. The third-order valence-corrected chi connectivity index (χ3v) is 4.91. The van der Waals surface area contributed by atoms with Gasteiger partial charge in [0.2, 0.25) is 15.9 Å². The van der Waals surface area contributed by atoms with Crippen molar-refractivity contribution in [1.29, 1.82) is 0 Å². The molecule has 1 N–H and O–H groups in total. The zero-order valence-corrected chi connectivity index (χ0v) is 15.3. The maximum absolute atomic E-state index is 11.9. The van der Waals surface area contributed by atoms with E-state index in [0.717, 1.165) is 31.1 Å². The molecule has 1 aromatic rings. The standard InChI is InChI=1S/C16H25ClN2O3S/c1-3-4-5-11-19(23(2,21)22)13-16(20)18-10-9-14-7-6-8-15(17)12-14/h6-8,12H,3-5,9-11,13H2,1-2H3,(H,18,20). The SMILES string of the molecule is CCCCCN(CC(=O)NCCc1cccc(Cl)c1)S(C)(=O)=O. The van der Waals surface area contributed by atoms with Crippen LogP contribution in [0.3, 0.4) is 0 Å². The first-order chi connectivity index (χ1) is 10.8. The summed E-state index contributed by atoms with van der Waals surface area (Å²) in [6.45, 7) is 2.76. The van der Waals surface area contributed by atoms with Crippen molar-refractivity contribution >= 4 is 27.5 Å². The Balaban J connectivity index is 2.43. The van der Waals surface area contributed by atoms with Gasteiger partial charge in [-0.25, -0.2) is 8.42 Å². The van der Waals surface area contributed by atoms with E-state index < -0.39 is 10.0 Å². The Kier molecular flexibility index (Phi) is 8.58. The topological polar surface area (TPSA) is 66.5 Å². The number of sulfonamides is 1. The number of amides is 1. The summed E-state index contributed by atoms with van der Waals surface area (Å²) in [5.74, 6) is -0.283. The second-order valence-corrected chi connectivity index (χ2v) is 7.95. The molecule has 0 bridgehead atoms. The smallest absolute Gasteiger partial charge is 0.235 e. The lowest BCUT2D eigenvalue weighted by Gasteiger charge is -2.19. The van der Waals surface area contributed by atoms with Gasteiger partial charge in [-0.05, 0) is 30.5 Å². The summed E-state index contributed by atoms with van der Waals surface area (Å²) < 4.78 is 24.7. The fourth-order valence-electron chi connectivity index (χ4n) is 2.16. The van der Waals surface area contributed by atoms with Crippen molar-refractivity contribution < 1.29 is 13.2 Å². The van der Waals surface area contributed by atoms with E-state index in [2.05, 4.69) is 5.32 Å². The molecular formula is C16H25ClN2O3S. The highest BCUT2D eigenvalue weighted by atomic mass is 35.5. The minimum Gasteiger partial charge on any atom is -0.355 e. The van der Waals surface area contributed by atoms with Crippen molar-refractivity contribution in [3.8, 4) is 0 Å². The predicted molar refractivity (Wildman–Crippen MR) is 94.1 cm³/mol. The molecule has 0 radical (unpaired) electrons. The van der Waals surface area contributed by atoms with Crippen LogP contribution < -0.4 is 5.32 Å². The molecule has 0 saturated heterocycles. The van der Waals surface area contributed by atoms with Crippen LogP contribution in [0.1, 0.15) is 31.7 Å². The third-order valence-electron chi connectivity index (χ3n) is 3.42. The van der Waals surface area contributed by atoms with Gasteiger partial charge in [0.25, 0.3) is 0 Å². The molecule has 0 aliphatic rings. The van der Waals surface area contributed by atoms with Crippen molar-refractivity contribution in [2.75, 3.05) is 25.9 Å². The molecule has 0 unspecified atom stereocenters. The Morgan fingerprint density at radius 1 is 1.30 bits per heavy atom. The lowest BCUT2D eigenvalue weighted by molar-refractivity contribution is -0.121. The van der Waals surface area contributed by atoms with Crippen LogP contribution in [0.2, 0.25) is 5.02 Å². The van der Waals surface area contributed by atoms with Crippen molar-refractivity contribution in [3.05, 3.63) is 34.9 Å². The number of hydrogen-bond acceptors (Lipinski definition) is 3. The zero-order valence-electron chi connectivity index (χ0n) is 13.7. The highest BCUT2D eigenvalue weighted by Gasteiger charge is 2.19. The number of carbonyl (C=O) groups is 1. The van der Waals surface area contributed by atoms with Crippen LogP contribution >= 0.6 is 11.6 Å². The van der Waals surface area contributed by atoms with Gasteiger partial charge in [-0.3, -0.25) is 4.79 Å². The van der Waals surface area contributed by atoms with Gasteiger partial charge in [0, 0.05) is 18.1 Å². The summed E-state index contributed by atoms with van der Waals surface area (Å²) >= 11 is 5.91. The van der Waals surface area contributed by atoms with E-state index in [0.29, 0.717) is 24.5 Å². The lowest BCUT2D eigenvalue weighted by Crippen LogP contribution is -2.41. The summed E-state index contributed by atoms with van der Waals surface area (Å²) in [5.41, 5.74) is 1.03. The molecule has 1 aromatic carbocycles. The molecule has 1 amide bonds. The lowest BCUT2D eigenvalue weighted by atomic mass is 10.1. The minimum absolute atomic E-state index is 0.127. The Hall–Kier alpha value is -1.11. The van der Waals surface area contributed by atoms with E-state index >= 15 is 0 Å². The van der Waals surface area contributed by atoms with E-state index in [1.165, 1.54) is 4.31 Å². The van der Waals surface area contributed by atoms with Crippen LogP contribution in [-0.2, 0) is 21.2 Å². The largest absolute Gasteiger partial charge is 0.355 e. The van der Waals surface area contributed by atoms with Gasteiger partial charge in [0.05, 0.1) is 12.8 Å². The Morgan fingerprint density at radius 3 is 2.65 bits per heavy atom. The third kappa shape index (κ3) is 8.34. The molecule has 1 rings (SSSR count). The summed E-state index contributed by atoms with van der Waals surface area (Å²) in [4.78, 5) is 11.9. The maximum Gasteiger partial charge on any atom is 0.235 e. The summed E-state index contributed by atoms with van der Waals surface area (Å²) in [7, 11) is -3.37. The normalized spacial score (nSPS) is 11.7. The van der Waals surface area contributed by atoms with Gasteiger partial charge in [-0.1, -0.05) is 43.5 Å². The molecule has 7 heteroatoms. The summed E-state index contributed by atoms with van der Waals surface area (Å²) in [6, 6.07) is 7.44. The van der Waals surface area contributed by atoms with Crippen LogP contribution in [0, 0.1) is 0 Å². The molecule has 0 aromatic heterocycles. The molecule has 5 nitrogen and oxygen atoms in total. The number of nitrogens with one attached hydrogen (secondary N) is 1. The number of rotatable bonds is 10. The summed E-state index contributed by atoms with van der Waals surface area (Å²) in [5, 5.41) is 3.42. The molecule has 130 valence electrons. The fourth-order valence-corrected chi connectivity index (χ4v) is 3.18. The molecule has 0 fully saturated rings. The Morgan fingerprint density at radius 2 is 2.04 bits per heavy atom.